The van der Waals surface area contributed by atoms with E-state index in [2.05, 4.69) is 38.2 Å². The fraction of sp³-hybridized carbons (Fsp3) is 0.417. The van der Waals surface area contributed by atoms with Crippen molar-refractivity contribution >= 4 is 23.6 Å². The molecule has 160 valence electrons. The summed E-state index contributed by atoms with van der Waals surface area (Å²) < 4.78 is 13.4. The number of hydrogen-bond donors (Lipinski definition) is 1. The molecule has 1 fully saturated rings. The Morgan fingerprint density at radius 3 is 2.30 bits per heavy atom. The van der Waals surface area contributed by atoms with Crippen LogP contribution in [0.1, 0.15) is 61.0 Å². The minimum Gasteiger partial charge on any atom is -0.354 e. The zero-order valence-electron chi connectivity index (χ0n) is 17.9. The Labute approximate surface area is 182 Å². The van der Waals surface area contributed by atoms with E-state index in [0.29, 0.717) is 17.9 Å². The zero-order chi connectivity index (χ0) is 21.9. The van der Waals surface area contributed by atoms with Gasteiger partial charge in [0.2, 0.25) is 5.91 Å². The second kappa shape index (κ2) is 9.21. The van der Waals surface area contributed by atoms with Gasteiger partial charge in [-0.2, -0.15) is 0 Å². The van der Waals surface area contributed by atoms with E-state index in [0.717, 1.165) is 12.0 Å². The molecule has 0 bridgehead atoms. The predicted octanol–water partition coefficient (Wildman–Crippen LogP) is 4.91. The Kier molecular flexibility index (Phi) is 6.86. The molecule has 4 nitrogen and oxygen atoms in total. The summed E-state index contributed by atoms with van der Waals surface area (Å²) in [5.74, 6) is -0.280. The van der Waals surface area contributed by atoms with Crippen LogP contribution in [-0.4, -0.2) is 35.1 Å². The van der Waals surface area contributed by atoms with E-state index in [4.69, 9.17) is 0 Å². The fourth-order valence-electron chi connectivity index (χ4n) is 3.47. The number of amides is 2. The maximum atomic E-state index is 13.4. The average Bonchev–Trinajstić information content (AvgIpc) is 3.16. The molecular formula is C24H29FN2O2S. The Balaban J connectivity index is 1.93. The lowest BCUT2D eigenvalue weighted by atomic mass is 9.86. The summed E-state index contributed by atoms with van der Waals surface area (Å²) in [6.07, 6.45) is 0.829. The summed E-state index contributed by atoms with van der Waals surface area (Å²) in [5.41, 5.74) is 2.61. The van der Waals surface area contributed by atoms with Crippen molar-refractivity contribution in [2.45, 2.75) is 50.9 Å². The monoisotopic (exact) mass is 428 g/mol. The van der Waals surface area contributed by atoms with Crippen LogP contribution >= 0.6 is 11.8 Å². The fourth-order valence-corrected chi connectivity index (χ4v) is 4.90. The van der Waals surface area contributed by atoms with Gasteiger partial charge in [-0.3, -0.25) is 9.59 Å². The van der Waals surface area contributed by atoms with E-state index in [1.807, 2.05) is 19.1 Å². The first-order chi connectivity index (χ1) is 14.2. The molecule has 2 atom stereocenters. The first kappa shape index (κ1) is 22.3. The van der Waals surface area contributed by atoms with Gasteiger partial charge < -0.3 is 10.2 Å². The number of thioether (sulfide) groups is 1. The number of carbonyl (C=O) groups is 2. The number of nitrogens with zero attached hydrogens (tertiary/aromatic N) is 1. The van der Waals surface area contributed by atoms with Crippen molar-refractivity contribution in [2.75, 3.05) is 12.3 Å². The number of hydrogen-bond acceptors (Lipinski definition) is 3. The van der Waals surface area contributed by atoms with Gasteiger partial charge in [0.15, 0.2) is 0 Å². The third-order valence-corrected chi connectivity index (χ3v) is 6.56. The third kappa shape index (κ3) is 4.86. The van der Waals surface area contributed by atoms with Crippen molar-refractivity contribution in [1.82, 2.24) is 10.2 Å². The molecule has 3 rings (SSSR count). The molecule has 0 radical (unpaired) electrons. The smallest absolute Gasteiger partial charge is 0.255 e. The quantitative estimate of drug-likeness (QED) is 0.736. The summed E-state index contributed by atoms with van der Waals surface area (Å²) in [6, 6.07) is 13.2. The predicted molar refractivity (Wildman–Crippen MR) is 120 cm³/mol. The minimum atomic E-state index is -0.564. The number of rotatable bonds is 5. The van der Waals surface area contributed by atoms with E-state index in [-0.39, 0.29) is 22.6 Å². The van der Waals surface area contributed by atoms with Gasteiger partial charge in [-0.05, 0) is 47.2 Å². The molecule has 1 N–H and O–H groups in total. The summed E-state index contributed by atoms with van der Waals surface area (Å²) in [4.78, 5) is 27.8. The molecular weight excluding hydrogens is 399 g/mol. The molecule has 2 aromatic carbocycles. The molecule has 2 aromatic rings. The van der Waals surface area contributed by atoms with Crippen LogP contribution in [0.5, 0.6) is 0 Å². The molecule has 2 unspecified atom stereocenters. The average molecular weight is 429 g/mol. The molecule has 1 aliphatic heterocycles. The molecule has 1 heterocycles. The molecule has 2 amide bonds. The van der Waals surface area contributed by atoms with E-state index in [9.17, 15) is 14.0 Å². The maximum Gasteiger partial charge on any atom is 0.255 e. The Morgan fingerprint density at radius 2 is 1.73 bits per heavy atom. The van der Waals surface area contributed by atoms with E-state index >= 15 is 0 Å². The van der Waals surface area contributed by atoms with Crippen LogP contribution < -0.4 is 5.32 Å². The Hall–Kier alpha value is -2.34. The van der Waals surface area contributed by atoms with E-state index < -0.39 is 11.9 Å². The largest absolute Gasteiger partial charge is 0.354 e. The van der Waals surface area contributed by atoms with Crippen LogP contribution in [0.4, 0.5) is 4.39 Å². The van der Waals surface area contributed by atoms with E-state index in [1.54, 1.807) is 16.7 Å². The highest BCUT2D eigenvalue weighted by Gasteiger charge is 2.42. The first-order valence-corrected chi connectivity index (χ1v) is 11.3. The van der Waals surface area contributed by atoms with Crippen molar-refractivity contribution < 1.29 is 14.0 Å². The van der Waals surface area contributed by atoms with Gasteiger partial charge in [-0.25, -0.2) is 4.39 Å². The topological polar surface area (TPSA) is 49.4 Å². The highest BCUT2D eigenvalue weighted by Crippen LogP contribution is 2.42. The van der Waals surface area contributed by atoms with Crippen LogP contribution in [0.2, 0.25) is 0 Å². The van der Waals surface area contributed by atoms with Gasteiger partial charge in [-0.1, -0.05) is 52.0 Å². The molecule has 0 spiro atoms. The minimum absolute atomic E-state index is 0.0353. The Morgan fingerprint density at radius 1 is 1.10 bits per heavy atom. The standard InChI is InChI=1S/C24H29FN2O2S/c1-5-14-26-21(28)20-15-30-23(17-6-10-18(11-7-17)24(2,3)4)27(20)22(29)16-8-12-19(25)13-9-16/h6-13,20,23H,5,14-15H2,1-4H3,(H,26,28). The van der Waals surface area contributed by atoms with Gasteiger partial charge in [0, 0.05) is 17.9 Å². The third-order valence-electron chi connectivity index (χ3n) is 5.24. The molecule has 0 aromatic heterocycles. The molecule has 0 aliphatic carbocycles. The number of halogens is 1. The number of nitrogens with one attached hydrogen (secondary N) is 1. The van der Waals surface area contributed by atoms with Gasteiger partial charge in [0.1, 0.15) is 17.2 Å². The first-order valence-electron chi connectivity index (χ1n) is 10.3. The maximum absolute atomic E-state index is 13.4. The summed E-state index contributed by atoms with van der Waals surface area (Å²) in [5, 5.41) is 2.65. The number of benzene rings is 2. The van der Waals surface area contributed by atoms with Gasteiger partial charge in [0.05, 0.1) is 0 Å². The lowest BCUT2D eigenvalue weighted by Crippen LogP contribution is -2.48. The lowest BCUT2D eigenvalue weighted by Gasteiger charge is -2.29. The van der Waals surface area contributed by atoms with Crippen molar-refractivity contribution in [3.05, 3.63) is 71.0 Å². The molecule has 0 saturated carbocycles. The Bertz CT molecular complexity index is 891. The zero-order valence-corrected chi connectivity index (χ0v) is 18.8. The van der Waals surface area contributed by atoms with E-state index in [1.165, 1.54) is 29.8 Å². The molecule has 1 saturated heterocycles. The van der Waals surface area contributed by atoms with Crippen LogP contribution in [0.15, 0.2) is 48.5 Å². The van der Waals surface area contributed by atoms with Gasteiger partial charge in [0.25, 0.3) is 5.91 Å². The summed E-state index contributed by atoms with van der Waals surface area (Å²) >= 11 is 1.58. The molecule has 1 aliphatic rings. The van der Waals surface area contributed by atoms with Crippen LogP contribution in [0.25, 0.3) is 0 Å². The second-order valence-corrected chi connectivity index (χ2v) is 9.70. The summed E-state index contributed by atoms with van der Waals surface area (Å²) in [6.45, 7) is 9.04. The summed E-state index contributed by atoms with van der Waals surface area (Å²) in [7, 11) is 0. The molecule has 30 heavy (non-hydrogen) atoms. The molecule has 6 heteroatoms. The SMILES string of the molecule is CCCNC(=O)C1CSC(c2ccc(C(C)(C)C)cc2)N1C(=O)c1ccc(F)cc1. The van der Waals surface area contributed by atoms with Crippen molar-refractivity contribution in [3.63, 3.8) is 0 Å². The van der Waals surface area contributed by atoms with Crippen molar-refractivity contribution in [3.8, 4) is 0 Å². The van der Waals surface area contributed by atoms with Gasteiger partial charge in [-0.15, -0.1) is 11.8 Å². The van der Waals surface area contributed by atoms with Gasteiger partial charge >= 0.3 is 0 Å². The van der Waals surface area contributed by atoms with Crippen LogP contribution in [-0.2, 0) is 10.2 Å². The lowest BCUT2D eigenvalue weighted by molar-refractivity contribution is -0.124. The normalized spacial score (nSPS) is 19.0. The van der Waals surface area contributed by atoms with Crippen LogP contribution in [0.3, 0.4) is 0 Å². The number of carbonyl (C=O) groups excluding carboxylic acids is 2. The van der Waals surface area contributed by atoms with Crippen LogP contribution in [0, 0.1) is 5.82 Å². The second-order valence-electron chi connectivity index (χ2n) is 8.58. The highest BCUT2D eigenvalue weighted by molar-refractivity contribution is 7.99. The van der Waals surface area contributed by atoms with Crippen molar-refractivity contribution in [2.24, 2.45) is 0 Å². The van der Waals surface area contributed by atoms with Crippen molar-refractivity contribution in [1.29, 1.82) is 0 Å². The highest BCUT2D eigenvalue weighted by atomic mass is 32.2.